The van der Waals surface area contributed by atoms with E-state index in [4.69, 9.17) is 15.1 Å². The number of anilines is 3. The molecule has 1 N–H and O–H groups in total. The Kier molecular flexibility index (Phi) is 6.16. The number of benzene rings is 4. The quantitative estimate of drug-likeness (QED) is 0.249. The van der Waals surface area contributed by atoms with Crippen LogP contribution in [0.4, 0.5) is 28.6 Å². The average Bonchev–Trinajstić information content (AvgIpc) is 3.34. The third kappa shape index (κ3) is 4.25. The van der Waals surface area contributed by atoms with E-state index in [-0.39, 0.29) is 6.04 Å². The van der Waals surface area contributed by atoms with Gasteiger partial charge in [0.25, 0.3) is 0 Å². The number of rotatable bonds is 4. The Morgan fingerprint density at radius 2 is 1.52 bits per heavy atom. The monoisotopic (exact) mass is 551 g/mol. The van der Waals surface area contributed by atoms with Gasteiger partial charge >= 0.3 is 0 Å². The summed E-state index contributed by atoms with van der Waals surface area (Å²) in [6.45, 7) is 6.30. The van der Waals surface area contributed by atoms with Crippen molar-refractivity contribution in [2.45, 2.75) is 26.8 Å². The summed E-state index contributed by atoms with van der Waals surface area (Å²) in [4.78, 5) is 14.9. The van der Waals surface area contributed by atoms with Crippen molar-refractivity contribution in [1.82, 2.24) is 9.78 Å². The van der Waals surface area contributed by atoms with Crippen LogP contribution in [0, 0.1) is 20.8 Å². The molecule has 1 atom stereocenters. The summed E-state index contributed by atoms with van der Waals surface area (Å²) < 4.78 is 1.96. The number of hydrogen-bond donors (Lipinski definition) is 1. The number of para-hydroxylation sites is 3. The zero-order chi connectivity index (χ0) is 29.0. The van der Waals surface area contributed by atoms with Crippen molar-refractivity contribution in [3.63, 3.8) is 0 Å². The Morgan fingerprint density at radius 3 is 2.29 bits per heavy atom. The maximum atomic E-state index is 5.36. The Balaban J connectivity index is 1.49. The molecule has 7 heteroatoms. The van der Waals surface area contributed by atoms with Crippen LogP contribution in [0.15, 0.2) is 107 Å². The summed E-state index contributed by atoms with van der Waals surface area (Å²) in [7, 11) is 4.13. The average molecular weight is 552 g/mol. The van der Waals surface area contributed by atoms with Crippen LogP contribution in [0.3, 0.4) is 0 Å². The second-order valence-electron chi connectivity index (χ2n) is 11.2. The summed E-state index contributed by atoms with van der Waals surface area (Å²) >= 11 is 0. The van der Waals surface area contributed by atoms with E-state index < -0.39 is 0 Å². The molecule has 4 aromatic carbocycles. The first-order valence-electron chi connectivity index (χ1n) is 14.2. The molecule has 208 valence electrons. The third-order valence-electron chi connectivity index (χ3n) is 8.01. The van der Waals surface area contributed by atoms with Crippen molar-refractivity contribution in [2.75, 3.05) is 29.2 Å². The number of hydrogen-bond acceptors (Lipinski definition) is 6. The highest BCUT2D eigenvalue weighted by Crippen LogP contribution is 2.48. The van der Waals surface area contributed by atoms with E-state index in [2.05, 4.69) is 123 Å². The largest absolute Gasteiger partial charge is 0.378 e. The molecular formula is C35H33N7. The van der Waals surface area contributed by atoms with E-state index in [0.29, 0.717) is 5.84 Å². The molecule has 0 amide bonds. The van der Waals surface area contributed by atoms with E-state index in [1.807, 2.05) is 28.9 Å². The fourth-order valence-electron chi connectivity index (χ4n) is 5.82. The zero-order valence-corrected chi connectivity index (χ0v) is 24.5. The zero-order valence-electron chi connectivity index (χ0n) is 24.5. The first-order chi connectivity index (χ1) is 20.4. The van der Waals surface area contributed by atoms with Crippen LogP contribution in [-0.4, -0.2) is 35.5 Å². The van der Waals surface area contributed by atoms with Crippen LogP contribution >= 0.6 is 0 Å². The standard InChI is InChI=1S/C35H33N7/c1-22-15-16-23(2)29(21-22)37-33-35-38-34-31(24(3)39-42(34)27-11-7-6-8-12-27)32(25-17-19-26(20-18-25)40(4)5)41(35)30-14-10-9-13-28(30)36-33/h6-21,32H,1-5H3,(H,36,37)/t32-/m1/s1. The van der Waals surface area contributed by atoms with Crippen molar-refractivity contribution >= 4 is 40.2 Å². The fourth-order valence-corrected chi connectivity index (χ4v) is 5.82. The number of nitrogens with zero attached hydrogens (tertiary/aromatic N) is 6. The van der Waals surface area contributed by atoms with Crippen molar-refractivity contribution in [3.8, 4) is 5.69 Å². The summed E-state index contributed by atoms with van der Waals surface area (Å²) in [6, 6.07) is 33.6. The predicted octanol–water partition coefficient (Wildman–Crippen LogP) is 7.66. The Hall–Kier alpha value is -5.17. The molecule has 0 fully saturated rings. The van der Waals surface area contributed by atoms with Gasteiger partial charge < -0.3 is 15.1 Å². The molecule has 2 aliphatic heterocycles. The fraction of sp³-hybridized carbons (Fsp3) is 0.171. The second-order valence-corrected chi connectivity index (χ2v) is 11.2. The SMILES string of the molecule is Cc1ccc(C)c(NC2=Nc3ccccc3N3C2=Nc2c(c(C)nn2-c2ccccc2)[C@H]3c2ccc(N(C)C)cc2)c1. The molecular weight excluding hydrogens is 518 g/mol. The van der Waals surface area contributed by atoms with E-state index in [1.54, 1.807) is 0 Å². The normalized spacial score (nSPS) is 15.3. The lowest BCUT2D eigenvalue weighted by molar-refractivity contribution is 0.815. The maximum Gasteiger partial charge on any atom is 0.179 e. The Bertz CT molecular complexity index is 1860. The number of aryl methyl sites for hydroxylation is 3. The molecule has 0 unspecified atom stereocenters. The van der Waals surface area contributed by atoms with Crippen LogP contribution in [-0.2, 0) is 0 Å². The highest BCUT2D eigenvalue weighted by Gasteiger charge is 2.41. The van der Waals surface area contributed by atoms with Gasteiger partial charge in [-0.1, -0.05) is 54.6 Å². The van der Waals surface area contributed by atoms with Gasteiger partial charge in [0.15, 0.2) is 17.5 Å². The van der Waals surface area contributed by atoms with Crippen LogP contribution in [0.1, 0.15) is 34.0 Å². The van der Waals surface area contributed by atoms with Gasteiger partial charge in [0.1, 0.15) is 0 Å². The Labute approximate surface area is 246 Å². The lowest BCUT2D eigenvalue weighted by Gasteiger charge is -2.40. The van der Waals surface area contributed by atoms with Crippen molar-refractivity contribution in [1.29, 1.82) is 0 Å². The van der Waals surface area contributed by atoms with Gasteiger partial charge in [0, 0.05) is 31.0 Å². The summed E-state index contributed by atoms with van der Waals surface area (Å²) in [5.41, 5.74) is 10.6. The first kappa shape index (κ1) is 25.8. The lowest BCUT2D eigenvalue weighted by atomic mass is 9.93. The van der Waals surface area contributed by atoms with E-state index in [0.717, 1.165) is 62.5 Å². The van der Waals surface area contributed by atoms with Crippen LogP contribution in [0.5, 0.6) is 0 Å². The van der Waals surface area contributed by atoms with Crippen molar-refractivity contribution in [3.05, 3.63) is 125 Å². The predicted molar refractivity (Wildman–Crippen MR) is 174 cm³/mol. The molecule has 1 aromatic heterocycles. The van der Waals surface area contributed by atoms with E-state index in [1.165, 1.54) is 5.56 Å². The van der Waals surface area contributed by atoms with Gasteiger partial charge in [-0.05, 0) is 79.9 Å². The summed E-state index contributed by atoms with van der Waals surface area (Å²) in [6.07, 6.45) is 0. The minimum atomic E-state index is -0.159. The smallest absolute Gasteiger partial charge is 0.179 e. The third-order valence-corrected chi connectivity index (χ3v) is 8.01. The molecule has 0 aliphatic carbocycles. The molecule has 42 heavy (non-hydrogen) atoms. The molecule has 0 radical (unpaired) electrons. The van der Waals surface area contributed by atoms with Crippen molar-refractivity contribution in [2.24, 2.45) is 9.98 Å². The van der Waals surface area contributed by atoms with Crippen LogP contribution < -0.4 is 15.1 Å². The van der Waals surface area contributed by atoms with Gasteiger partial charge in [-0.15, -0.1) is 0 Å². The highest BCUT2D eigenvalue weighted by atomic mass is 15.4. The van der Waals surface area contributed by atoms with Crippen LogP contribution in [0.25, 0.3) is 5.69 Å². The van der Waals surface area contributed by atoms with Gasteiger partial charge in [-0.3, -0.25) is 0 Å². The summed E-state index contributed by atoms with van der Waals surface area (Å²) in [5, 5.41) is 8.71. The van der Waals surface area contributed by atoms with Crippen LogP contribution in [0.2, 0.25) is 0 Å². The molecule has 7 nitrogen and oxygen atoms in total. The van der Waals surface area contributed by atoms with E-state index in [9.17, 15) is 0 Å². The maximum absolute atomic E-state index is 5.36. The molecule has 0 bridgehead atoms. The molecule has 0 spiro atoms. The second kappa shape index (κ2) is 10.0. The topological polar surface area (TPSA) is 61.1 Å². The lowest BCUT2D eigenvalue weighted by Crippen LogP contribution is -2.46. The number of fused-ring (bicyclic) bond motifs is 4. The van der Waals surface area contributed by atoms with E-state index >= 15 is 0 Å². The number of aliphatic imine (C=N–C) groups is 2. The van der Waals surface area contributed by atoms with Gasteiger partial charge in [0.05, 0.1) is 28.8 Å². The minimum Gasteiger partial charge on any atom is -0.378 e. The molecule has 2 aliphatic rings. The van der Waals surface area contributed by atoms with Gasteiger partial charge in [-0.2, -0.15) is 5.10 Å². The summed E-state index contributed by atoms with van der Waals surface area (Å²) in [5.74, 6) is 2.30. The van der Waals surface area contributed by atoms with Gasteiger partial charge in [0.2, 0.25) is 0 Å². The highest BCUT2D eigenvalue weighted by molar-refractivity contribution is 6.51. The molecule has 7 rings (SSSR count). The Morgan fingerprint density at radius 1 is 0.786 bits per heavy atom. The first-order valence-corrected chi connectivity index (χ1v) is 14.2. The molecule has 0 saturated heterocycles. The van der Waals surface area contributed by atoms with Gasteiger partial charge in [-0.25, -0.2) is 14.7 Å². The molecule has 0 saturated carbocycles. The number of aromatic nitrogens is 2. The van der Waals surface area contributed by atoms with Crippen molar-refractivity contribution < 1.29 is 0 Å². The number of nitrogens with one attached hydrogen (secondary N) is 1. The minimum absolute atomic E-state index is 0.159. The molecule has 5 aromatic rings. The molecule has 3 heterocycles. The number of amidine groups is 2.